The van der Waals surface area contributed by atoms with E-state index in [2.05, 4.69) is 37.2 Å². The van der Waals surface area contributed by atoms with E-state index in [1.165, 1.54) is 0 Å². The van der Waals surface area contributed by atoms with Crippen LogP contribution < -0.4 is 10.1 Å². The lowest BCUT2D eigenvalue weighted by Crippen LogP contribution is -2.20. The maximum absolute atomic E-state index is 11.9. The lowest BCUT2D eigenvalue weighted by Gasteiger charge is -2.11. The molecule has 0 aliphatic carbocycles. The number of amides is 1. The third kappa shape index (κ3) is 4.36. The number of ether oxygens (including phenoxy) is 1. The van der Waals surface area contributed by atoms with Crippen LogP contribution in [0.4, 0.5) is 5.69 Å². The van der Waals surface area contributed by atoms with Gasteiger partial charge < -0.3 is 10.1 Å². The Kier molecular flexibility index (Phi) is 5.93. The monoisotopic (exact) mass is 451 g/mol. The molecule has 2 aromatic rings. The number of para-hydroxylation sites is 1. The predicted octanol–water partition coefficient (Wildman–Crippen LogP) is 5.54. The quantitative estimate of drug-likeness (QED) is 0.660. The van der Waals surface area contributed by atoms with E-state index < -0.39 is 0 Å². The first kappa shape index (κ1) is 16.6. The topological polar surface area (TPSA) is 38.3 Å². The number of halogens is 4. The molecule has 2 aromatic carbocycles. The van der Waals surface area contributed by atoms with Gasteiger partial charge in [-0.05, 0) is 56.1 Å². The summed E-state index contributed by atoms with van der Waals surface area (Å²) in [6.45, 7) is -0.149. The average molecular weight is 454 g/mol. The van der Waals surface area contributed by atoms with Gasteiger partial charge in [-0.15, -0.1) is 0 Å². The number of benzene rings is 2. The van der Waals surface area contributed by atoms with E-state index >= 15 is 0 Å². The molecule has 1 amide bonds. The van der Waals surface area contributed by atoms with E-state index in [4.69, 9.17) is 27.9 Å². The lowest BCUT2D eigenvalue weighted by atomic mass is 10.3. The second kappa shape index (κ2) is 7.49. The van der Waals surface area contributed by atoms with Crippen LogP contribution in [0.2, 0.25) is 10.0 Å². The number of hydrogen-bond donors (Lipinski definition) is 1. The minimum Gasteiger partial charge on any atom is -0.481 e. The predicted molar refractivity (Wildman–Crippen MR) is 92.4 cm³/mol. The number of hydrogen-bond acceptors (Lipinski definition) is 2. The first-order chi connectivity index (χ1) is 9.99. The molecule has 0 spiro atoms. The smallest absolute Gasteiger partial charge is 0.262 e. The highest BCUT2D eigenvalue weighted by atomic mass is 79.9. The number of anilines is 1. The molecule has 0 heterocycles. The Balaban J connectivity index is 2.01. The summed E-state index contributed by atoms with van der Waals surface area (Å²) in [4.78, 5) is 11.9. The molecule has 0 aliphatic heterocycles. The molecule has 7 heteroatoms. The summed E-state index contributed by atoms with van der Waals surface area (Å²) < 4.78 is 7.00. The summed E-state index contributed by atoms with van der Waals surface area (Å²) in [6.07, 6.45) is 0. The Hall–Kier alpha value is -0.750. The molecule has 110 valence electrons. The zero-order valence-corrected chi connectivity index (χ0v) is 15.2. The molecule has 0 bridgehead atoms. The largest absolute Gasteiger partial charge is 0.481 e. The standard InChI is InChI=1S/C14H9Br2Cl2NO2/c15-8-3-1-4-9(16)14(8)21-7-12(20)19-11-6-2-5-10(17)13(11)18/h1-6H,7H2,(H,19,20). The van der Waals surface area contributed by atoms with E-state index in [0.29, 0.717) is 21.5 Å². The van der Waals surface area contributed by atoms with Crippen LogP contribution in [0.15, 0.2) is 45.3 Å². The van der Waals surface area contributed by atoms with Gasteiger partial charge >= 0.3 is 0 Å². The van der Waals surface area contributed by atoms with Crippen LogP contribution >= 0.6 is 55.1 Å². The van der Waals surface area contributed by atoms with Crippen LogP contribution in [0.3, 0.4) is 0 Å². The third-order valence-electron chi connectivity index (χ3n) is 2.49. The highest BCUT2D eigenvalue weighted by Crippen LogP contribution is 2.33. The second-order valence-corrected chi connectivity index (χ2v) is 6.48. The first-order valence-electron chi connectivity index (χ1n) is 5.79. The molecule has 0 aromatic heterocycles. The van der Waals surface area contributed by atoms with Gasteiger partial charge in [0.15, 0.2) is 6.61 Å². The molecule has 0 saturated heterocycles. The number of carbonyl (C=O) groups excluding carboxylic acids is 1. The molecular formula is C14H9Br2Cl2NO2. The van der Waals surface area contributed by atoms with Gasteiger partial charge in [-0.3, -0.25) is 4.79 Å². The fourth-order valence-corrected chi connectivity index (χ4v) is 3.12. The highest BCUT2D eigenvalue weighted by molar-refractivity contribution is 9.11. The zero-order chi connectivity index (χ0) is 15.4. The van der Waals surface area contributed by atoms with Crippen LogP contribution in [-0.2, 0) is 4.79 Å². The summed E-state index contributed by atoms with van der Waals surface area (Å²) in [5.41, 5.74) is 0.448. The SMILES string of the molecule is O=C(COc1c(Br)cccc1Br)Nc1cccc(Cl)c1Cl. The van der Waals surface area contributed by atoms with Crippen molar-refractivity contribution < 1.29 is 9.53 Å². The summed E-state index contributed by atoms with van der Waals surface area (Å²) in [5.74, 6) is 0.228. The Morgan fingerprint density at radius 3 is 2.38 bits per heavy atom. The molecule has 0 radical (unpaired) electrons. The van der Waals surface area contributed by atoms with Crippen molar-refractivity contribution in [3.05, 3.63) is 55.4 Å². The van der Waals surface area contributed by atoms with Crippen molar-refractivity contribution in [3.63, 3.8) is 0 Å². The lowest BCUT2D eigenvalue weighted by molar-refractivity contribution is -0.118. The maximum atomic E-state index is 11.9. The van der Waals surface area contributed by atoms with Crippen molar-refractivity contribution in [1.29, 1.82) is 0 Å². The molecule has 0 aliphatic rings. The molecule has 1 N–H and O–H groups in total. The molecule has 3 nitrogen and oxygen atoms in total. The minimum absolute atomic E-state index is 0.149. The van der Waals surface area contributed by atoms with Gasteiger partial charge in [0, 0.05) is 0 Å². The summed E-state index contributed by atoms with van der Waals surface area (Å²) in [7, 11) is 0. The van der Waals surface area contributed by atoms with Crippen LogP contribution in [0.1, 0.15) is 0 Å². The van der Waals surface area contributed by atoms with E-state index in [-0.39, 0.29) is 12.5 Å². The van der Waals surface area contributed by atoms with Gasteiger partial charge in [0.1, 0.15) is 5.75 Å². The van der Waals surface area contributed by atoms with Gasteiger partial charge in [0.25, 0.3) is 5.91 Å². The number of carbonyl (C=O) groups is 1. The van der Waals surface area contributed by atoms with Crippen molar-refractivity contribution in [3.8, 4) is 5.75 Å². The Labute approximate surface area is 148 Å². The molecule has 2 rings (SSSR count). The van der Waals surface area contributed by atoms with E-state index in [1.54, 1.807) is 18.2 Å². The van der Waals surface area contributed by atoms with Gasteiger partial charge in [-0.2, -0.15) is 0 Å². The van der Waals surface area contributed by atoms with Crippen LogP contribution in [0, 0.1) is 0 Å². The summed E-state index contributed by atoms with van der Waals surface area (Å²) in [5, 5.41) is 3.33. The molecular weight excluding hydrogens is 445 g/mol. The Morgan fingerprint density at radius 2 is 1.71 bits per heavy atom. The Morgan fingerprint density at radius 1 is 1.10 bits per heavy atom. The molecule has 0 unspecified atom stereocenters. The summed E-state index contributed by atoms with van der Waals surface area (Å²) in [6, 6.07) is 10.5. The highest BCUT2D eigenvalue weighted by Gasteiger charge is 2.11. The molecule has 0 atom stereocenters. The minimum atomic E-state index is -0.332. The zero-order valence-electron chi connectivity index (χ0n) is 10.5. The van der Waals surface area contributed by atoms with E-state index in [1.807, 2.05) is 18.2 Å². The van der Waals surface area contributed by atoms with Gasteiger partial charge in [0.05, 0.1) is 24.7 Å². The van der Waals surface area contributed by atoms with Crippen LogP contribution in [-0.4, -0.2) is 12.5 Å². The molecule has 21 heavy (non-hydrogen) atoms. The van der Waals surface area contributed by atoms with Crippen molar-refractivity contribution in [2.75, 3.05) is 11.9 Å². The summed E-state index contributed by atoms with van der Waals surface area (Å²) >= 11 is 18.6. The maximum Gasteiger partial charge on any atom is 0.262 e. The van der Waals surface area contributed by atoms with Gasteiger partial charge in [-0.1, -0.05) is 35.3 Å². The molecule has 0 saturated carbocycles. The van der Waals surface area contributed by atoms with Crippen LogP contribution in [0.25, 0.3) is 0 Å². The third-order valence-corrected chi connectivity index (χ3v) is 4.56. The van der Waals surface area contributed by atoms with Gasteiger partial charge in [-0.25, -0.2) is 0 Å². The van der Waals surface area contributed by atoms with E-state index in [9.17, 15) is 4.79 Å². The fourth-order valence-electron chi connectivity index (χ4n) is 1.54. The van der Waals surface area contributed by atoms with Crippen molar-refractivity contribution in [2.24, 2.45) is 0 Å². The van der Waals surface area contributed by atoms with Crippen molar-refractivity contribution >= 4 is 66.7 Å². The second-order valence-electron chi connectivity index (χ2n) is 3.99. The van der Waals surface area contributed by atoms with E-state index in [0.717, 1.165) is 8.95 Å². The fraction of sp³-hybridized carbons (Fsp3) is 0.0714. The van der Waals surface area contributed by atoms with Crippen molar-refractivity contribution in [2.45, 2.75) is 0 Å². The number of rotatable bonds is 4. The normalized spacial score (nSPS) is 10.3. The number of nitrogens with one attached hydrogen (secondary N) is 1. The van der Waals surface area contributed by atoms with Crippen LogP contribution in [0.5, 0.6) is 5.75 Å². The molecule has 0 fully saturated rings. The average Bonchev–Trinajstić information content (AvgIpc) is 2.43. The Bertz CT molecular complexity index is 660. The van der Waals surface area contributed by atoms with Crippen molar-refractivity contribution in [1.82, 2.24) is 0 Å². The van der Waals surface area contributed by atoms with Gasteiger partial charge in [0.2, 0.25) is 0 Å². The first-order valence-corrected chi connectivity index (χ1v) is 8.14.